The van der Waals surface area contributed by atoms with Crippen molar-refractivity contribution < 1.29 is 14.2 Å². The number of halogens is 1. The normalized spacial score (nSPS) is 15.9. The summed E-state index contributed by atoms with van der Waals surface area (Å²) in [6, 6.07) is 12.6. The van der Waals surface area contributed by atoms with Crippen molar-refractivity contribution in [3.05, 3.63) is 53.8 Å². The predicted octanol–water partition coefficient (Wildman–Crippen LogP) is 3.80. The molecule has 0 fully saturated rings. The van der Waals surface area contributed by atoms with E-state index in [0.717, 1.165) is 24.4 Å². The third kappa shape index (κ3) is 2.59. The Labute approximate surface area is 123 Å². The lowest BCUT2D eigenvalue weighted by Crippen LogP contribution is -2.20. The largest absolute Gasteiger partial charge is 0.491 e. The van der Waals surface area contributed by atoms with Crippen molar-refractivity contribution in [1.82, 2.24) is 0 Å². The number of hydrogen-bond donors (Lipinski definition) is 1. The van der Waals surface area contributed by atoms with Gasteiger partial charge in [-0.1, -0.05) is 18.2 Å². The highest BCUT2D eigenvalue weighted by molar-refractivity contribution is 5.72. The number of nitrogens with zero attached hydrogens (tertiary/aromatic N) is 1. The average Bonchev–Trinajstić information content (AvgIpc) is 2.68. The Morgan fingerprint density at radius 2 is 1.90 bits per heavy atom. The Morgan fingerprint density at radius 3 is 2.71 bits per heavy atom. The van der Waals surface area contributed by atoms with Crippen LogP contribution in [0.4, 0.5) is 15.8 Å². The quantitative estimate of drug-likeness (QED) is 0.912. The summed E-state index contributed by atoms with van der Waals surface area (Å²) in [5.41, 5.74) is 1.93. The summed E-state index contributed by atoms with van der Waals surface area (Å²) in [5.74, 6) is 0.404. The highest BCUT2D eigenvalue weighted by atomic mass is 19.1. The van der Waals surface area contributed by atoms with Crippen LogP contribution in [0.1, 0.15) is 25.0 Å². The third-order valence-corrected chi connectivity index (χ3v) is 3.68. The van der Waals surface area contributed by atoms with Gasteiger partial charge in [-0.25, -0.2) is 4.39 Å². The maximum Gasteiger partial charge on any atom is 0.142 e. The van der Waals surface area contributed by atoms with Crippen LogP contribution in [0.15, 0.2) is 42.5 Å². The molecular weight excluding hydrogens is 269 g/mol. The van der Waals surface area contributed by atoms with Gasteiger partial charge in [-0.2, -0.15) is 0 Å². The van der Waals surface area contributed by atoms with Crippen molar-refractivity contribution in [2.75, 3.05) is 18.1 Å². The van der Waals surface area contributed by atoms with Crippen LogP contribution in [0, 0.1) is 5.82 Å². The third-order valence-electron chi connectivity index (χ3n) is 3.68. The Bertz CT molecular complexity index is 642. The van der Waals surface area contributed by atoms with Crippen LogP contribution in [0.5, 0.6) is 5.75 Å². The van der Waals surface area contributed by atoms with Gasteiger partial charge in [0, 0.05) is 17.8 Å². The topological polar surface area (TPSA) is 32.7 Å². The molecule has 1 atom stereocenters. The Kier molecular flexibility index (Phi) is 3.80. The Balaban J connectivity index is 2.15. The van der Waals surface area contributed by atoms with Crippen molar-refractivity contribution >= 4 is 11.4 Å². The van der Waals surface area contributed by atoms with Crippen molar-refractivity contribution in [2.45, 2.75) is 19.4 Å². The van der Waals surface area contributed by atoms with Gasteiger partial charge < -0.3 is 14.7 Å². The molecule has 0 bridgehead atoms. The second kappa shape index (κ2) is 5.74. The van der Waals surface area contributed by atoms with Crippen LogP contribution >= 0.6 is 0 Å². The highest BCUT2D eigenvalue weighted by Gasteiger charge is 2.23. The summed E-state index contributed by atoms with van der Waals surface area (Å²) in [6.07, 6.45) is -0.0257. The van der Waals surface area contributed by atoms with E-state index in [1.165, 1.54) is 6.07 Å². The van der Waals surface area contributed by atoms with Gasteiger partial charge >= 0.3 is 0 Å². The Morgan fingerprint density at radius 1 is 1.14 bits per heavy atom. The molecule has 1 heterocycles. The van der Waals surface area contributed by atoms with E-state index in [9.17, 15) is 9.50 Å². The summed E-state index contributed by atoms with van der Waals surface area (Å²) < 4.78 is 19.8. The van der Waals surface area contributed by atoms with Gasteiger partial charge in [0.25, 0.3) is 0 Å². The van der Waals surface area contributed by atoms with E-state index in [1.807, 2.05) is 35.2 Å². The zero-order valence-electron chi connectivity index (χ0n) is 11.9. The summed E-state index contributed by atoms with van der Waals surface area (Å²) in [4.78, 5) is 2.02. The van der Waals surface area contributed by atoms with Crippen LogP contribution in [0.3, 0.4) is 0 Å². The molecule has 4 heteroatoms. The van der Waals surface area contributed by atoms with Gasteiger partial charge in [0.05, 0.1) is 18.4 Å². The minimum absolute atomic E-state index is 0.328. The first-order chi connectivity index (χ1) is 10.2. The molecule has 2 aromatic rings. The van der Waals surface area contributed by atoms with E-state index in [2.05, 4.69) is 0 Å². The molecular formula is C17H18FNO2. The van der Waals surface area contributed by atoms with Crippen molar-refractivity contribution in [3.8, 4) is 5.75 Å². The lowest BCUT2D eigenvalue weighted by Gasteiger charge is -2.27. The molecule has 0 radical (unpaired) electrons. The molecule has 0 aromatic heterocycles. The van der Waals surface area contributed by atoms with Gasteiger partial charge in [0.2, 0.25) is 0 Å². The first-order valence-electron chi connectivity index (χ1n) is 7.14. The van der Waals surface area contributed by atoms with Gasteiger partial charge in [-0.3, -0.25) is 0 Å². The second-order valence-corrected chi connectivity index (χ2v) is 5.17. The molecule has 2 aromatic carbocycles. The molecule has 1 aliphatic heterocycles. The van der Waals surface area contributed by atoms with Crippen LogP contribution < -0.4 is 9.64 Å². The molecule has 0 amide bonds. The summed E-state index contributed by atoms with van der Waals surface area (Å²) in [7, 11) is 0. The van der Waals surface area contributed by atoms with Crippen LogP contribution in [-0.2, 0) is 0 Å². The molecule has 1 unspecified atom stereocenters. The first-order valence-corrected chi connectivity index (χ1v) is 7.14. The fourth-order valence-corrected chi connectivity index (χ4v) is 2.75. The summed E-state index contributed by atoms with van der Waals surface area (Å²) in [6.45, 7) is 2.94. The van der Waals surface area contributed by atoms with E-state index >= 15 is 0 Å². The number of para-hydroxylation sites is 2. The predicted molar refractivity (Wildman–Crippen MR) is 80.6 cm³/mol. The van der Waals surface area contributed by atoms with Crippen molar-refractivity contribution in [3.63, 3.8) is 0 Å². The number of benzene rings is 2. The molecule has 1 aliphatic rings. The smallest absolute Gasteiger partial charge is 0.142 e. The molecule has 0 spiro atoms. The molecule has 110 valence electrons. The number of ether oxygens (including phenoxy) is 1. The summed E-state index contributed by atoms with van der Waals surface area (Å²) in [5, 5.41) is 9.94. The molecule has 0 saturated heterocycles. The number of rotatable bonds is 2. The van der Waals surface area contributed by atoms with Gasteiger partial charge in [-0.05, 0) is 37.6 Å². The Hall–Kier alpha value is -2.07. The van der Waals surface area contributed by atoms with E-state index in [4.69, 9.17) is 4.74 Å². The first kappa shape index (κ1) is 13.9. The fourth-order valence-electron chi connectivity index (χ4n) is 2.75. The van der Waals surface area contributed by atoms with E-state index in [0.29, 0.717) is 17.9 Å². The van der Waals surface area contributed by atoms with E-state index < -0.39 is 6.10 Å². The summed E-state index contributed by atoms with van der Waals surface area (Å²) >= 11 is 0. The van der Waals surface area contributed by atoms with Crippen LogP contribution in [0.25, 0.3) is 0 Å². The number of hydrogen-bond acceptors (Lipinski definition) is 3. The maximum absolute atomic E-state index is 14.1. The van der Waals surface area contributed by atoms with Gasteiger partial charge in [0.15, 0.2) is 0 Å². The molecule has 21 heavy (non-hydrogen) atoms. The number of anilines is 2. The maximum atomic E-state index is 14.1. The number of fused-ring (bicyclic) bond motifs is 1. The number of aliphatic hydroxyl groups is 1. The molecule has 3 nitrogen and oxygen atoms in total. The fraction of sp³-hybridized carbons (Fsp3) is 0.294. The van der Waals surface area contributed by atoms with Crippen molar-refractivity contribution in [1.29, 1.82) is 0 Å². The minimum atomic E-state index is -0.863. The molecule has 3 rings (SSSR count). The SMILES string of the molecule is CC(O)c1c(F)cccc1N1CCCOc2ccccc21. The van der Waals surface area contributed by atoms with Crippen LogP contribution in [-0.4, -0.2) is 18.3 Å². The van der Waals surface area contributed by atoms with Crippen molar-refractivity contribution in [2.24, 2.45) is 0 Å². The van der Waals surface area contributed by atoms with Crippen LogP contribution in [0.2, 0.25) is 0 Å². The second-order valence-electron chi connectivity index (χ2n) is 5.17. The zero-order valence-corrected chi connectivity index (χ0v) is 11.9. The van der Waals surface area contributed by atoms with Gasteiger partial charge in [-0.15, -0.1) is 0 Å². The van der Waals surface area contributed by atoms with E-state index in [1.54, 1.807) is 13.0 Å². The molecule has 0 saturated carbocycles. The molecule has 1 N–H and O–H groups in total. The average molecular weight is 287 g/mol. The number of aliphatic hydroxyl groups excluding tert-OH is 1. The lowest BCUT2D eigenvalue weighted by molar-refractivity contribution is 0.194. The zero-order chi connectivity index (χ0) is 14.8. The van der Waals surface area contributed by atoms with Gasteiger partial charge in [0.1, 0.15) is 11.6 Å². The monoisotopic (exact) mass is 287 g/mol. The lowest BCUT2D eigenvalue weighted by atomic mass is 10.1. The standard InChI is InChI=1S/C17H18FNO2/c1-12(20)17-13(18)6-4-8-15(17)19-10-5-11-21-16-9-3-2-7-14(16)19/h2-4,6-9,12,20H,5,10-11H2,1H3. The minimum Gasteiger partial charge on any atom is -0.491 e. The molecule has 0 aliphatic carbocycles. The van der Waals surface area contributed by atoms with E-state index in [-0.39, 0.29) is 5.82 Å². The highest BCUT2D eigenvalue weighted by Crippen LogP contribution is 2.39.